The van der Waals surface area contributed by atoms with Crippen molar-refractivity contribution in [2.75, 3.05) is 9.80 Å². The van der Waals surface area contributed by atoms with E-state index in [1.165, 1.54) is 4.57 Å². The van der Waals surface area contributed by atoms with Gasteiger partial charge < -0.3 is 14.4 Å². The van der Waals surface area contributed by atoms with Gasteiger partial charge in [-0.15, -0.1) is 11.3 Å². The minimum atomic E-state index is -1.99. The van der Waals surface area contributed by atoms with Crippen molar-refractivity contribution < 1.29 is 41.1 Å². The summed E-state index contributed by atoms with van der Waals surface area (Å²) in [5, 5.41) is -1.28. The van der Waals surface area contributed by atoms with Gasteiger partial charge in [0, 0.05) is 76.7 Å². The highest BCUT2D eigenvalue weighted by molar-refractivity contribution is 7.25. The molecule has 1 unspecified atom stereocenters. The van der Waals surface area contributed by atoms with Crippen LogP contribution in [0.25, 0.3) is 47.7 Å². The topological polar surface area (TPSA) is 11.4 Å². The summed E-state index contributed by atoms with van der Waals surface area (Å²) in [4.78, 5) is 1.60. The van der Waals surface area contributed by atoms with Gasteiger partial charge in [0.15, 0.2) is 0 Å². The molecule has 3 aliphatic heterocycles. The fourth-order valence-corrected chi connectivity index (χ4v) is 11.1. The van der Waals surface area contributed by atoms with Crippen LogP contribution in [0.1, 0.15) is 143 Å². The number of nitrogens with zero attached hydrogens (tertiary/aromatic N) is 3. The molecule has 0 amide bonds. The lowest BCUT2D eigenvalue weighted by Crippen LogP contribution is -2.62. The molecule has 14 rings (SSSR count). The molecule has 11 aromatic rings. The number of rotatable bonds is 4. The smallest absolute Gasteiger partial charge is 0.247 e. The van der Waals surface area contributed by atoms with Crippen molar-refractivity contribution in [1.29, 1.82) is 0 Å². The number of para-hydroxylation sites is 2. The van der Waals surface area contributed by atoms with Gasteiger partial charge >= 0.3 is 0 Å². The summed E-state index contributed by atoms with van der Waals surface area (Å²) in [5.41, 5.74) is -11.9. The zero-order valence-electron chi connectivity index (χ0n) is 70.4. The summed E-state index contributed by atoms with van der Waals surface area (Å²) in [6, 6.07) is -23.5. The number of hydrogen-bond donors (Lipinski definition) is 0. The molecule has 9 aromatic carbocycles. The lowest BCUT2D eigenvalue weighted by molar-refractivity contribution is 0.589. The van der Waals surface area contributed by atoms with E-state index in [9.17, 15) is 34.3 Å². The third-order valence-electron chi connectivity index (χ3n) is 13.7. The highest BCUT2D eigenvalue weighted by atomic mass is 32.1. The van der Waals surface area contributed by atoms with Crippen molar-refractivity contribution in [2.24, 2.45) is 0 Å². The summed E-state index contributed by atoms with van der Waals surface area (Å²) in [6.45, 7) is 12.6. The second kappa shape index (κ2) is 15.1. The van der Waals surface area contributed by atoms with Crippen LogP contribution in [0, 0.1) is 0 Å². The molecule has 0 aliphatic carbocycles. The first-order valence-corrected chi connectivity index (χ1v) is 24.2. The molecule has 0 fully saturated rings. The van der Waals surface area contributed by atoms with Gasteiger partial charge in [0.2, 0.25) is 6.71 Å². The maximum Gasteiger partial charge on any atom is 0.247 e. The average Bonchev–Trinajstić information content (AvgIpc) is 1.15. The van der Waals surface area contributed by atoms with Crippen LogP contribution in [0.15, 0.2) is 181 Å². The van der Waals surface area contributed by atoms with E-state index in [4.69, 9.17) is 6.85 Å². The van der Waals surface area contributed by atoms with Gasteiger partial charge in [-0.2, -0.15) is 0 Å². The fraction of sp³-hybridized carbons (Fsp3) is 0.194. The summed E-state index contributed by atoms with van der Waals surface area (Å²) >= 11 is 0.668. The van der Waals surface area contributed by atoms with E-state index in [-0.39, 0.29) is 86.5 Å². The van der Waals surface area contributed by atoms with Crippen LogP contribution in [-0.2, 0) is 16.2 Å². The standard InChI is InChI=1S/C67H58BN3S/c1-65(2,3)40-24-28-43(29-25-40)69(44-30-26-41(27-31-44)66(4,5)6)46-32-34-53-57(39-46)70(45-33-35-60-51(38-45)48-17-11-13-23-59(48)72-60)58-37-42(67(7,8)9)36-52-61-50-19-14-18-49-47-16-10-12-21-55(47)71(64(49)50)56-22-15-20-54(62(56)61)68(53)63(52)58/h10-39,61H,1-9H3/i10D,11D,12D,13D,14D,15D,16D,17D,18D,19D,20D,21D,22D,23D,24D,25D,26D,27D,28D,29D,30D,31D,32D,33D,34D,35D,36D,37D,38D,39D. The molecule has 5 heterocycles. The summed E-state index contributed by atoms with van der Waals surface area (Å²) in [6.07, 6.45) is 0. The molecule has 1 atom stereocenters. The molecule has 0 spiro atoms. The average molecular weight is 978 g/mol. The Morgan fingerprint density at radius 3 is 1.81 bits per heavy atom. The number of thiophene rings is 1. The maximum atomic E-state index is 11.2. The molecular weight excluding hydrogens is 890 g/mol. The Morgan fingerprint density at radius 1 is 0.472 bits per heavy atom. The number of aromatic nitrogens is 1. The van der Waals surface area contributed by atoms with E-state index < -0.39 is 255 Å². The van der Waals surface area contributed by atoms with E-state index in [0.29, 0.717) is 16.2 Å². The molecule has 3 nitrogen and oxygen atoms in total. The number of anilines is 6. The summed E-state index contributed by atoms with van der Waals surface area (Å²) in [5.74, 6) is -1.76. The Hall–Kier alpha value is -7.34. The van der Waals surface area contributed by atoms with Crippen molar-refractivity contribution >= 4 is 111 Å². The highest BCUT2D eigenvalue weighted by Gasteiger charge is 2.47. The Morgan fingerprint density at radius 2 is 1.10 bits per heavy atom. The predicted molar refractivity (Wildman–Crippen MR) is 311 cm³/mol. The first kappa shape index (κ1) is 22.6. The lowest BCUT2D eigenvalue weighted by atomic mass is 9.30. The van der Waals surface area contributed by atoms with Crippen LogP contribution in [0.4, 0.5) is 34.1 Å². The largest absolute Gasteiger partial charge is 0.311 e. The van der Waals surface area contributed by atoms with Gasteiger partial charge in [-0.25, -0.2) is 0 Å². The van der Waals surface area contributed by atoms with Crippen molar-refractivity contribution in [2.45, 2.75) is 84.5 Å². The van der Waals surface area contributed by atoms with E-state index in [0.717, 1.165) is 4.90 Å². The molecule has 0 saturated heterocycles. The van der Waals surface area contributed by atoms with Crippen LogP contribution in [0.5, 0.6) is 0 Å². The molecule has 2 aromatic heterocycles. The second-order valence-electron chi connectivity index (χ2n) is 21.4. The Labute approximate surface area is 470 Å². The minimum Gasteiger partial charge on any atom is -0.311 e. The van der Waals surface area contributed by atoms with Crippen LogP contribution in [0.2, 0.25) is 0 Å². The Bertz CT molecular complexity index is 5740. The molecule has 0 N–H and O–H groups in total. The normalized spacial score (nSPS) is 20.7. The highest BCUT2D eigenvalue weighted by Crippen LogP contribution is 2.52. The molecule has 0 radical (unpaired) electrons. The van der Waals surface area contributed by atoms with Crippen LogP contribution in [0.3, 0.4) is 0 Å². The summed E-state index contributed by atoms with van der Waals surface area (Å²) in [7, 11) is 0. The van der Waals surface area contributed by atoms with Gasteiger partial charge in [0.25, 0.3) is 0 Å². The lowest BCUT2D eigenvalue weighted by Gasteiger charge is -2.45. The van der Waals surface area contributed by atoms with Gasteiger partial charge in [-0.05, 0) is 139 Å². The van der Waals surface area contributed by atoms with E-state index in [1.807, 2.05) is 0 Å². The molecule has 5 heteroatoms. The SMILES string of the molecule is [2H]c1c([2H])c2c3c(c1[2H])-n1c4c([2H])c([2H])c([2H])c([2H])c4c4c([2H])c([2H])c([2H])c(c41)C3c1c([2H])c(C(C)(C)C)c([2H])c3c1B2c1c([2H])c([2H])c(N(c2c([2H])c([2H])c(C(C)(C)C)c([2H])c2[2H])c2c([2H])c([2H])c(C(C)(C)C)c([2H])c2[2H])c([2H])c1N3c1c([2H])c([2H])c2sc3c([2H])c([2H])c([2H])c([2H])c3c2c1[2H]. The van der Waals surface area contributed by atoms with Gasteiger partial charge in [0.05, 0.1) is 52.2 Å². The third-order valence-corrected chi connectivity index (χ3v) is 14.7. The van der Waals surface area contributed by atoms with E-state index in [1.54, 1.807) is 62.3 Å². The van der Waals surface area contributed by atoms with Gasteiger partial charge in [0.1, 0.15) is 0 Å². The number of benzene rings is 9. The second-order valence-corrected chi connectivity index (χ2v) is 22.4. The monoisotopic (exact) mass is 978 g/mol. The zero-order chi connectivity index (χ0) is 75.3. The Kier molecular flexibility index (Phi) is 4.74. The molecule has 72 heavy (non-hydrogen) atoms. The van der Waals surface area contributed by atoms with Crippen LogP contribution < -0.4 is 26.2 Å². The minimum absolute atomic E-state index is 0.137. The van der Waals surface area contributed by atoms with Crippen molar-refractivity contribution in [3.8, 4) is 5.69 Å². The van der Waals surface area contributed by atoms with Crippen molar-refractivity contribution in [3.05, 3.63) is 215 Å². The molecule has 0 bridgehead atoms. The van der Waals surface area contributed by atoms with Crippen molar-refractivity contribution in [3.63, 3.8) is 0 Å². The van der Waals surface area contributed by atoms with Crippen molar-refractivity contribution in [1.82, 2.24) is 4.57 Å². The first-order chi connectivity index (χ1) is 47.2. The van der Waals surface area contributed by atoms with Gasteiger partial charge in [-0.3, -0.25) is 0 Å². The van der Waals surface area contributed by atoms with Gasteiger partial charge in [-0.1, -0.05) is 170 Å². The summed E-state index contributed by atoms with van der Waals surface area (Å²) < 4.78 is 296. The quantitative estimate of drug-likeness (QED) is 0.163. The van der Waals surface area contributed by atoms with E-state index >= 15 is 0 Å². The van der Waals surface area contributed by atoms with E-state index in [2.05, 4.69) is 0 Å². The number of hydrogen-bond acceptors (Lipinski definition) is 3. The van der Waals surface area contributed by atoms with Crippen LogP contribution in [-0.4, -0.2) is 11.3 Å². The van der Waals surface area contributed by atoms with Crippen LogP contribution >= 0.6 is 11.3 Å². The third kappa shape index (κ3) is 6.29. The molecule has 350 valence electrons. The Balaban J connectivity index is 1.29. The zero-order valence-corrected chi connectivity index (χ0v) is 41.2. The fourth-order valence-electron chi connectivity index (χ4n) is 10.2. The molecular formula is C67H58BN3S. The molecule has 0 saturated carbocycles. The predicted octanol–water partition coefficient (Wildman–Crippen LogP) is 16.6. The maximum absolute atomic E-state index is 11.2. The first-order valence-electron chi connectivity index (χ1n) is 38.4. The molecule has 3 aliphatic rings. The number of fused-ring (bicyclic) bond motifs is 12.